The molecule has 4 rings (SSSR count). The summed E-state index contributed by atoms with van der Waals surface area (Å²) in [6, 6.07) is 14.0. The van der Waals surface area contributed by atoms with Crippen LogP contribution in [0, 0.1) is 0 Å². The number of H-pyrrole nitrogens is 1. The Hall–Kier alpha value is -3.15. The topological polar surface area (TPSA) is 86.9 Å². The number of benzene rings is 1. The van der Waals surface area contributed by atoms with Crippen LogP contribution >= 0.6 is 0 Å². The third-order valence-electron chi connectivity index (χ3n) is 6.78. The fourth-order valence-corrected chi connectivity index (χ4v) is 5.10. The zero-order valence-electron chi connectivity index (χ0n) is 18.9. The van der Waals surface area contributed by atoms with Gasteiger partial charge in [0.1, 0.15) is 5.54 Å². The molecule has 6 heteroatoms. The van der Waals surface area contributed by atoms with Gasteiger partial charge < -0.3 is 15.6 Å². The van der Waals surface area contributed by atoms with Gasteiger partial charge in [-0.15, -0.1) is 0 Å². The van der Waals surface area contributed by atoms with Crippen LogP contribution in [-0.2, 0) is 21.4 Å². The molecule has 3 aromatic rings. The highest BCUT2D eigenvalue weighted by atomic mass is 16.2. The van der Waals surface area contributed by atoms with Crippen molar-refractivity contribution >= 4 is 22.7 Å². The predicted octanol–water partition coefficient (Wildman–Crippen LogP) is 4.02. The number of nitrogens with zero attached hydrogens (tertiary/aromatic N) is 1. The van der Waals surface area contributed by atoms with Crippen LogP contribution in [-0.4, -0.2) is 33.9 Å². The van der Waals surface area contributed by atoms with Gasteiger partial charge in [-0.2, -0.15) is 0 Å². The van der Waals surface area contributed by atoms with E-state index in [4.69, 9.17) is 0 Å². The quantitative estimate of drug-likeness (QED) is 0.527. The van der Waals surface area contributed by atoms with E-state index in [9.17, 15) is 9.59 Å². The number of pyridine rings is 1. The third-order valence-corrected chi connectivity index (χ3v) is 6.78. The predicted molar refractivity (Wildman–Crippen MR) is 126 cm³/mol. The first-order chi connectivity index (χ1) is 15.4. The number of fused-ring (bicyclic) bond motifs is 1. The van der Waals surface area contributed by atoms with E-state index in [2.05, 4.69) is 26.7 Å². The van der Waals surface area contributed by atoms with E-state index in [-0.39, 0.29) is 17.2 Å². The summed E-state index contributed by atoms with van der Waals surface area (Å²) in [6.07, 6.45) is 9.63. The van der Waals surface area contributed by atoms with Crippen molar-refractivity contribution in [3.63, 3.8) is 0 Å². The maximum atomic E-state index is 13.5. The summed E-state index contributed by atoms with van der Waals surface area (Å²) in [5.74, 6) is -0.390. The number of hydrogen-bond donors (Lipinski definition) is 3. The summed E-state index contributed by atoms with van der Waals surface area (Å²) in [4.78, 5) is 33.5. The summed E-state index contributed by atoms with van der Waals surface area (Å²) >= 11 is 0. The lowest BCUT2D eigenvalue weighted by molar-refractivity contribution is -0.132. The number of hydrogen-bond acceptors (Lipinski definition) is 3. The molecule has 1 aromatic carbocycles. The van der Waals surface area contributed by atoms with E-state index >= 15 is 0 Å². The molecule has 0 aliphatic heterocycles. The van der Waals surface area contributed by atoms with Gasteiger partial charge in [-0.1, -0.05) is 43.5 Å². The van der Waals surface area contributed by atoms with Crippen LogP contribution in [0.15, 0.2) is 54.9 Å². The second-order valence-electron chi connectivity index (χ2n) is 9.29. The fourth-order valence-electron chi connectivity index (χ4n) is 5.10. The number of para-hydroxylation sites is 1. The Morgan fingerprint density at radius 2 is 1.84 bits per heavy atom. The maximum absolute atomic E-state index is 13.5. The van der Waals surface area contributed by atoms with Gasteiger partial charge in [-0.3, -0.25) is 14.6 Å². The van der Waals surface area contributed by atoms with Crippen molar-refractivity contribution in [2.45, 2.75) is 63.3 Å². The molecular formula is C26H32N4O2. The number of nitrogens with one attached hydrogen (secondary N) is 3. The number of carbonyl (C=O) groups excluding carboxylic acids is 2. The average Bonchev–Trinajstić information content (AvgIpc) is 3.20. The van der Waals surface area contributed by atoms with Gasteiger partial charge in [-0.05, 0) is 43.5 Å². The molecule has 1 aliphatic rings. The van der Waals surface area contributed by atoms with E-state index in [0.717, 1.165) is 47.8 Å². The van der Waals surface area contributed by atoms with Crippen LogP contribution in [0.3, 0.4) is 0 Å². The standard InChI is InChI=1S/C26H32N4O2/c1-19(31)30-25(2,16-20-17-28-22-11-5-4-10-21(20)22)24(32)29-18-26(13-7-3-8-14-26)23-12-6-9-15-27-23/h4-6,9-12,15,17,28H,3,7-8,13-14,16,18H2,1-2H3,(H,29,32)(H,30,31)/t25-/m0/s1. The third kappa shape index (κ3) is 4.54. The molecule has 2 heterocycles. The lowest BCUT2D eigenvalue weighted by Gasteiger charge is -2.38. The SMILES string of the molecule is CC(=O)N[C@@](C)(Cc1c[nH]c2ccccc12)C(=O)NCC1(c2ccccn2)CCCCC1. The number of rotatable bonds is 7. The Balaban J connectivity index is 1.56. The number of amides is 2. The molecule has 168 valence electrons. The summed E-state index contributed by atoms with van der Waals surface area (Å²) in [5, 5.41) is 7.18. The molecule has 1 saturated carbocycles. The minimum absolute atomic E-state index is 0.160. The van der Waals surface area contributed by atoms with Crippen LogP contribution in [0.2, 0.25) is 0 Å². The van der Waals surface area contributed by atoms with Gasteiger partial charge >= 0.3 is 0 Å². The van der Waals surface area contributed by atoms with Crippen molar-refractivity contribution in [2.75, 3.05) is 6.54 Å². The second-order valence-corrected chi connectivity index (χ2v) is 9.29. The molecule has 3 N–H and O–H groups in total. The van der Waals surface area contributed by atoms with Crippen molar-refractivity contribution in [1.29, 1.82) is 0 Å². The summed E-state index contributed by atoms with van der Waals surface area (Å²) in [7, 11) is 0. The molecule has 1 atom stereocenters. The molecule has 0 radical (unpaired) electrons. The number of aromatic nitrogens is 2. The van der Waals surface area contributed by atoms with E-state index in [1.54, 1.807) is 6.92 Å². The highest BCUT2D eigenvalue weighted by Crippen LogP contribution is 2.38. The van der Waals surface area contributed by atoms with E-state index in [1.807, 2.05) is 48.8 Å². The normalized spacial score (nSPS) is 17.4. The lowest BCUT2D eigenvalue weighted by Crippen LogP contribution is -2.59. The van der Waals surface area contributed by atoms with Gasteiger partial charge in [-0.25, -0.2) is 0 Å². The first-order valence-corrected chi connectivity index (χ1v) is 11.5. The molecule has 1 aliphatic carbocycles. The van der Waals surface area contributed by atoms with Crippen LogP contribution in [0.25, 0.3) is 10.9 Å². The summed E-state index contributed by atoms with van der Waals surface area (Å²) in [5.41, 5.74) is 1.84. The highest BCUT2D eigenvalue weighted by Gasteiger charge is 2.39. The van der Waals surface area contributed by atoms with E-state index < -0.39 is 5.54 Å². The molecular weight excluding hydrogens is 400 g/mol. The molecule has 0 saturated heterocycles. The van der Waals surface area contributed by atoms with Crippen molar-refractivity contribution < 1.29 is 9.59 Å². The summed E-state index contributed by atoms with van der Waals surface area (Å²) in [6.45, 7) is 3.78. The monoisotopic (exact) mass is 432 g/mol. The zero-order chi connectivity index (χ0) is 22.6. The Labute approximate surface area is 189 Å². The highest BCUT2D eigenvalue weighted by molar-refractivity contribution is 5.92. The largest absolute Gasteiger partial charge is 0.361 e. The number of carbonyl (C=O) groups is 2. The molecule has 32 heavy (non-hydrogen) atoms. The van der Waals surface area contributed by atoms with Gasteiger partial charge in [0.25, 0.3) is 0 Å². The minimum atomic E-state index is -1.06. The molecule has 2 amide bonds. The zero-order valence-corrected chi connectivity index (χ0v) is 18.9. The van der Waals surface area contributed by atoms with Crippen LogP contribution in [0.4, 0.5) is 0 Å². The lowest BCUT2D eigenvalue weighted by atomic mass is 9.71. The maximum Gasteiger partial charge on any atom is 0.245 e. The fraction of sp³-hybridized carbons (Fsp3) is 0.423. The Morgan fingerprint density at radius 1 is 1.09 bits per heavy atom. The Kier molecular flexibility index (Phi) is 6.31. The van der Waals surface area contributed by atoms with Crippen molar-refractivity contribution in [1.82, 2.24) is 20.6 Å². The van der Waals surface area contributed by atoms with Crippen LogP contribution in [0.5, 0.6) is 0 Å². The molecule has 0 spiro atoms. The first kappa shape index (κ1) is 22.1. The van der Waals surface area contributed by atoms with Crippen LogP contribution < -0.4 is 10.6 Å². The van der Waals surface area contributed by atoms with Gasteiger partial charge in [0.2, 0.25) is 11.8 Å². The Morgan fingerprint density at radius 3 is 2.56 bits per heavy atom. The molecule has 0 unspecified atom stereocenters. The average molecular weight is 433 g/mol. The van der Waals surface area contributed by atoms with Crippen LogP contribution in [0.1, 0.15) is 57.2 Å². The molecule has 1 fully saturated rings. The van der Waals surface area contributed by atoms with Crippen molar-refractivity contribution in [2.24, 2.45) is 0 Å². The van der Waals surface area contributed by atoms with Crippen molar-refractivity contribution in [3.8, 4) is 0 Å². The minimum Gasteiger partial charge on any atom is -0.361 e. The molecule has 0 bridgehead atoms. The van der Waals surface area contributed by atoms with E-state index in [1.165, 1.54) is 13.3 Å². The Bertz CT molecular complexity index is 1090. The smallest absolute Gasteiger partial charge is 0.245 e. The van der Waals surface area contributed by atoms with E-state index in [0.29, 0.717) is 13.0 Å². The molecule has 2 aromatic heterocycles. The second kappa shape index (κ2) is 9.15. The summed E-state index contributed by atoms with van der Waals surface area (Å²) < 4.78 is 0. The molecule has 6 nitrogen and oxygen atoms in total. The van der Waals surface area contributed by atoms with Gasteiger partial charge in [0.05, 0.1) is 0 Å². The van der Waals surface area contributed by atoms with Gasteiger partial charge in [0, 0.05) is 54.3 Å². The number of aromatic amines is 1. The van der Waals surface area contributed by atoms with Gasteiger partial charge in [0.15, 0.2) is 0 Å². The van der Waals surface area contributed by atoms with Crippen molar-refractivity contribution in [3.05, 3.63) is 66.1 Å². The first-order valence-electron chi connectivity index (χ1n) is 11.5.